The summed E-state index contributed by atoms with van der Waals surface area (Å²) in [6.45, 7) is 3.43. The van der Waals surface area contributed by atoms with E-state index < -0.39 is 12.3 Å². The molecule has 1 aliphatic heterocycles. The second-order valence-electron chi connectivity index (χ2n) is 8.13. The van der Waals surface area contributed by atoms with Gasteiger partial charge in [0.2, 0.25) is 5.91 Å². The monoisotopic (exact) mass is 532 g/mol. The molecule has 0 saturated heterocycles. The van der Waals surface area contributed by atoms with Gasteiger partial charge in [-0.25, -0.2) is 4.90 Å². The van der Waals surface area contributed by atoms with Gasteiger partial charge in [-0.05, 0) is 66.9 Å². The molecule has 1 aliphatic rings. The fraction of sp³-hybridized carbons (Fsp3) is 0.280. The van der Waals surface area contributed by atoms with Crippen molar-refractivity contribution in [3.05, 3.63) is 73.9 Å². The molecule has 0 fully saturated rings. The number of amides is 2. The van der Waals surface area contributed by atoms with Crippen LogP contribution in [0.3, 0.4) is 0 Å². The number of nitrogens with zero attached hydrogens (tertiary/aromatic N) is 1. The average Bonchev–Trinajstić information content (AvgIpc) is 3.23. The van der Waals surface area contributed by atoms with Crippen molar-refractivity contribution in [1.82, 2.24) is 5.32 Å². The van der Waals surface area contributed by atoms with Crippen LogP contribution in [0.4, 0.5) is 17.1 Å². The summed E-state index contributed by atoms with van der Waals surface area (Å²) in [5.41, 5.74) is 2.92. The fourth-order valence-electron chi connectivity index (χ4n) is 3.85. The summed E-state index contributed by atoms with van der Waals surface area (Å²) in [6, 6.07) is 14.1. The van der Waals surface area contributed by atoms with Crippen LogP contribution in [0, 0.1) is 0 Å². The van der Waals surface area contributed by atoms with Crippen molar-refractivity contribution in [2.24, 2.45) is 0 Å². The number of hydrogen-bond donors (Lipinski definition) is 4. The fourth-order valence-corrected chi connectivity index (χ4v) is 5.20. The number of aliphatic hydroxyl groups excluding tert-OH is 1. The summed E-state index contributed by atoms with van der Waals surface area (Å²) in [4.78, 5) is 28.3. The number of rotatable bonds is 10. The van der Waals surface area contributed by atoms with Crippen molar-refractivity contribution in [3.8, 4) is 0 Å². The third-order valence-electron chi connectivity index (χ3n) is 5.54. The lowest BCUT2D eigenvalue weighted by Crippen LogP contribution is -2.42. The van der Waals surface area contributed by atoms with Crippen LogP contribution in [0.1, 0.15) is 34.1 Å². The molecule has 0 bridgehead atoms. The maximum Gasteiger partial charge on any atom is 0.265 e. The van der Waals surface area contributed by atoms with Crippen molar-refractivity contribution < 1.29 is 14.7 Å². The van der Waals surface area contributed by atoms with Gasteiger partial charge in [0, 0.05) is 34.9 Å². The number of anilines is 3. The summed E-state index contributed by atoms with van der Waals surface area (Å²) in [5.74, 6) is -0.746. The van der Waals surface area contributed by atoms with Crippen LogP contribution in [0.5, 0.6) is 0 Å². The van der Waals surface area contributed by atoms with E-state index >= 15 is 0 Å². The Morgan fingerprint density at radius 2 is 1.86 bits per heavy atom. The zero-order valence-electron chi connectivity index (χ0n) is 19.1. The van der Waals surface area contributed by atoms with Crippen LogP contribution in [0.25, 0.3) is 0 Å². The summed E-state index contributed by atoms with van der Waals surface area (Å²) >= 11 is 13.9. The van der Waals surface area contributed by atoms with Crippen molar-refractivity contribution in [1.29, 1.82) is 0 Å². The molecule has 1 aromatic heterocycles. The number of halogens is 2. The highest BCUT2D eigenvalue weighted by Crippen LogP contribution is 2.34. The molecule has 10 heteroatoms. The van der Waals surface area contributed by atoms with Crippen molar-refractivity contribution in [2.45, 2.75) is 32.5 Å². The quantitative estimate of drug-likeness (QED) is 0.213. The van der Waals surface area contributed by atoms with Gasteiger partial charge in [-0.3, -0.25) is 14.9 Å². The van der Waals surface area contributed by atoms with Crippen LogP contribution in [0.15, 0.2) is 48.5 Å². The Hall–Kier alpha value is -2.62. The minimum absolute atomic E-state index is 0.108. The van der Waals surface area contributed by atoms with Gasteiger partial charge in [0.15, 0.2) is 6.35 Å². The van der Waals surface area contributed by atoms with Gasteiger partial charge in [-0.15, -0.1) is 11.3 Å². The van der Waals surface area contributed by atoms with Crippen molar-refractivity contribution in [2.75, 3.05) is 28.6 Å². The third kappa shape index (κ3) is 6.15. The van der Waals surface area contributed by atoms with Gasteiger partial charge < -0.3 is 15.7 Å². The molecular weight excluding hydrogens is 507 g/mol. The first-order valence-electron chi connectivity index (χ1n) is 11.3. The Bertz CT molecular complexity index is 1230. The van der Waals surface area contributed by atoms with E-state index in [0.29, 0.717) is 29.0 Å². The number of nitrogens with one attached hydrogen (secondary N) is 3. The number of fused-ring (bicyclic) bond motifs is 1. The first-order valence-corrected chi connectivity index (χ1v) is 12.9. The second-order valence-corrected chi connectivity index (χ2v) is 10.3. The Labute approximate surface area is 218 Å². The third-order valence-corrected chi connectivity index (χ3v) is 7.13. The number of aliphatic hydroxyl groups is 1. The standard InChI is InChI=1S/C25H26Cl2N4O3S/c1-2-10-28-16-3-6-19-15(12-16)13-23(32)31(24(19)33)21-7-4-17(14-20(21)26)30-25(34)29-11-9-18-5-8-22(27)35-18/h3-8,12,14,25,28-30,34H,2,9-11,13H2,1H3. The molecule has 1 atom stereocenters. The maximum absolute atomic E-state index is 13.2. The van der Waals surface area contributed by atoms with E-state index in [1.165, 1.54) is 11.3 Å². The second kappa shape index (κ2) is 11.4. The largest absolute Gasteiger partial charge is 0.385 e. The molecule has 0 aliphatic carbocycles. The van der Waals surface area contributed by atoms with E-state index in [0.717, 1.165) is 39.2 Å². The number of carbonyl (C=O) groups is 2. The van der Waals surface area contributed by atoms with E-state index in [4.69, 9.17) is 23.2 Å². The topological polar surface area (TPSA) is 93.7 Å². The number of imide groups is 1. The summed E-state index contributed by atoms with van der Waals surface area (Å²) < 4.78 is 0.733. The van der Waals surface area contributed by atoms with Crippen LogP contribution in [0.2, 0.25) is 9.36 Å². The highest BCUT2D eigenvalue weighted by molar-refractivity contribution is 7.16. The minimum Gasteiger partial charge on any atom is -0.385 e. The molecule has 0 saturated carbocycles. The molecule has 4 N–H and O–H groups in total. The molecule has 35 heavy (non-hydrogen) atoms. The molecular formula is C25H26Cl2N4O3S. The molecule has 2 amide bonds. The van der Waals surface area contributed by atoms with Crippen LogP contribution >= 0.6 is 34.5 Å². The zero-order valence-corrected chi connectivity index (χ0v) is 21.4. The van der Waals surface area contributed by atoms with Crippen LogP contribution in [-0.2, 0) is 17.6 Å². The van der Waals surface area contributed by atoms with E-state index in [1.54, 1.807) is 24.3 Å². The SMILES string of the molecule is CCCNc1ccc2c(c1)CC(=O)N(c1ccc(NC(O)NCCc3ccc(Cl)s3)cc1Cl)C2=O. The molecule has 0 radical (unpaired) electrons. The molecule has 2 heterocycles. The highest BCUT2D eigenvalue weighted by atomic mass is 35.5. The predicted molar refractivity (Wildman–Crippen MR) is 143 cm³/mol. The summed E-state index contributed by atoms with van der Waals surface area (Å²) in [6.07, 6.45) is 0.806. The van der Waals surface area contributed by atoms with Crippen LogP contribution < -0.4 is 20.9 Å². The van der Waals surface area contributed by atoms with E-state index in [-0.39, 0.29) is 17.4 Å². The maximum atomic E-state index is 13.2. The number of benzene rings is 2. The lowest BCUT2D eigenvalue weighted by Gasteiger charge is -2.28. The van der Waals surface area contributed by atoms with Gasteiger partial charge in [0.1, 0.15) is 0 Å². The molecule has 4 rings (SSSR count). The van der Waals surface area contributed by atoms with Crippen molar-refractivity contribution in [3.63, 3.8) is 0 Å². The summed E-state index contributed by atoms with van der Waals surface area (Å²) in [7, 11) is 0. The Kier molecular flexibility index (Phi) is 8.30. The average molecular weight is 533 g/mol. The van der Waals surface area contributed by atoms with Gasteiger partial charge in [0.05, 0.1) is 21.5 Å². The molecule has 3 aromatic rings. The number of hydrogen-bond acceptors (Lipinski definition) is 7. The zero-order chi connectivity index (χ0) is 24.9. The Morgan fingerprint density at radius 3 is 2.57 bits per heavy atom. The molecule has 0 spiro atoms. The normalized spacial score (nSPS) is 14.1. The first kappa shape index (κ1) is 25.5. The Morgan fingerprint density at radius 1 is 1.06 bits per heavy atom. The van der Waals surface area contributed by atoms with Gasteiger partial charge in [-0.1, -0.05) is 30.1 Å². The van der Waals surface area contributed by atoms with E-state index in [9.17, 15) is 14.7 Å². The van der Waals surface area contributed by atoms with Crippen LogP contribution in [-0.4, -0.2) is 36.4 Å². The lowest BCUT2D eigenvalue weighted by atomic mass is 9.97. The smallest absolute Gasteiger partial charge is 0.265 e. The first-order chi connectivity index (χ1) is 16.9. The van der Waals surface area contributed by atoms with Crippen molar-refractivity contribution >= 4 is 63.4 Å². The predicted octanol–water partition coefficient (Wildman–Crippen LogP) is 5.13. The summed E-state index contributed by atoms with van der Waals surface area (Å²) in [5, 5.41) is 19.6. The van der Waals surface area contributed by atoms with E-state index in [2.05, 4.69) is 22.9 Å². The Balaban J connectivity index is 1.41. The number of carbonyl (C=O) groups excluding carboxylic acids is 2. The number of thiophene rings is 1. The van der Waals surface area contributed by atoms with Gasteiger partial charge >= 0.3 is 0 Å². The molecule has 7 nitrogen and oxygen atoms in total. The minimum atomic E-state index is -1.01. The molecule has 2 aromatic carbocycles. The van der Waals surface area contributed by atoms with Gasteiger partial charge in [-0.2, -0.15) is 0 Å². The lowest BCUT2D eigenvalue weighted by molar-refractivity contribution is -0.117. The molecule has 184 valence electrons. The highest BCUT2D eigenvalue weighted by Gasteiger charge is 2.33. The van der Waals surface area contributed by atoms with Gasteiger partial charge in [0.25, 0.3) is 5.91 Å². The van der Waals surface area contributed by atoms with E-state index in [1.807, 2.05) is 24.3 Å². The molecule has 1 unspecified atom stereocenters.